The van der Waals surface area contributed by atoms with Crippen LogP contribution in [0, 0.1) is 6.92 Å². The Morgan fingerprint density at radius 2 is 1.68 bits per heavy atom. The van der Waals surface area contributed by atoms with Crippen molar-refractivity contribution in [1.82, 2.24) is 0 Å². The summed E-state index contributed by atoms with van der Waals surface area (Å²) < 4.78 is 16.1. The standard InChI is InChI=1S/C19H26N2O3.C10H14/c1-4-10-21-19-17(23-3)9-8-16(18(19)20)14-6-5-7-15(13-14)24-12-11-22-2;1-8(2)10-6-4-9(3)5-7-10/h5-9,13,21H,4,10-12,20H2,1-3H3;4-8H,1-3H3. The Bertz CT molecular complexity index is 1000. The van der Waals surface area contributed by atoms with Gasteiger partial charge < -0.3 is 25.3 Å². The van der Waals surface area contributed by atoms with Crippen LogP contribution in [0.1, 0.15) is 44.2 Å². The SMILES string of the molecule is CCCNc1c(OC)ccc(-c2cccc(OCCOC)c2)c1N.Cc1ccc(C(C)C)cc1. The van der Waals surface area contributed by atoms with Crippen LogP contribution in [0.4, 0.5) is 11.4 Å². The van der Waals surface area contributed by atoms with Crippen LogP contribution in [0.25, 0.3) is 11.1 Å². The zero-order valence-electron chi connectivity index (χ0n) is 21.5. The molecule has 34 heavy (non-hydrogen) atoms. The molecular weight excluding hydrogens is 424 g/mol. The topological polar surface area (TPSA) is 65.7 Å². The molecule has 0 atom stereocenters. The fraction of sp³-hybridized carbons (Fsp3) is 0.379. The summed E-state index contributed by atoms with van der Waals surface area (Å²) >= 11 is 0. The predicted molar refractivity (Wildman–Crippen MR) is 144 cm³/mol. The summed E-state index contributed by atoms with van der Waals surface area (Å²) in [5.74, 6) is 2.20. The van der Waals surface area contributed by atoms with Crippen LogP contribution in [0.3, 0.4) is 0 Å². The summed E-state index contributed by atoms with van der Waals surface area (Å²) in [6.45, 7) is 10.6. The maximum Gasteiger partial charge on any atom is 0.144 e. The molecule has 0 saturated heterocycles. The van der Waals surface area contributed by atoms with Gasteiger partial charge in [-0.2, -0.15) is 0 Å². The molecule has 0 aliphatic rings. The minimum atomic E-state index is 0.515. The predicted octanol–water partition coefficient (Wildman–Crippen LogP) is 6.91. The Kier molecular flexibility index (Phi) is 11.3. The third-order valence-corrected chi connectivity index (χ3v) is 5.42. The Balaban J connectivity index is 0.000000340. The van der Waals surface area contributed by atoms with Crippen molar-refractivity contribution in [3.63, 3.8) is 0 Å². The lowest BCUT2D eigenvalue weighted by Gasteiger charge is -2.17. The molecular formula is C29H40N2O3. The van der Waals surface area contributed by atoms with Gasteiger partial charge in [-0.3, -0.25) is 0 Å². The highest BCUT2D eigenvalue weighted by Gasteiger charge is 2.13. The third kappa shape index (κ3) is 7.99. The van der Waals surface area contributed by atoms with Gasteiger partial charge in [0.1, 0.15) is 23.8 Å². The molecule has 0 aliphatic carbocycles. The van der Waals surface area contributed by atoms with Crippen LogP contribution in [-0.4, -0.2) is 34.0 Å². The van der Waals surface area contributed by atoms with Crippen molar-refractivity contribution in [3.05, 3.63) is 71.8 Å². The highest BCUT2D eigenvalue weighted by Crippen LogP contribution is 2.39. The molecule has 5 heteroatoms. The molecule has 3 N–H and O–H groups in total. The summed E-state index contributed by atoms with van der Waals surface area (Å²) in [4.78, 5) is 0. The van der Waals surface area contributed by atoms with Gasteiger partial charge in [-0.25, -0.2) is 0 Å². The van der Waals surface area contributed by atoms with E-state index in [1.807, 2.05) is 36.4 Å². The van der Waals surface area contributed by atoms with Crippen LogP contribution in [-0.2, 0) is 4.74 Å². The molecule has 0 heterocycles. The molecule has 0 spiro atoms. The van der Waals surface area contributed by atoms with Gasteiger partial charge in [-0.1, -0.05) is 62.7 Å². The number of benzene rings is 3. The molecule has 0 bridgehead atoms. The van der Waals surface area contributed by atoms with Gasteiger partial charge in [-0.05, 0) is 54.7 Å². The van der Waals surface area contributed by atoms with Gasteiger partial charge in [0, 0.05) is 19.2 Å². The average molecular weight is 465 g/mol. The molecule has 0 aliphatic heterocycles. The van der Waals surface area contributed by atoms with E-state index in [1.165, 1.54) is 11.1 Å². The smallest absolute Gasteiger partial charge is 0.144 e. The maximum absolute atomic E-state index is 6.40. The van der Waals surface area contributed by atoms with E-state index in [-0.39, 0.29) is 0 Å². The first kappa shape index (κ1) is 27.1. The second-order valence-corrected chi connectivity index (χ2v) is 8.47. The summed E-state index contributed by atoms with van der Waals surface area (Å²) in [5, 5.41) is 3.35. The quantitative estimate of drug-likeness (QED) is 0.252. The van der Waals surface area contributed by atoms with E-state index >= 15 is 0 Å². The molecule has 3 aromatic rings. The van der Waals surface area contributed by atoms with Crippen molar-refractivity contribution in [2.45, 2.75) is 40.0 Å². The molecule has 0 radical (unpaired) electrons. The van der Waals surface area contributed by atoms with Gasteiger partial charge in [0.15, 0.2) is 0 Å². The lowest BCUT2D eigenvalue weighted by Crippen LogP contribution is -2.06. The summed E-state index contributed by atoms with van der Waals surface area (Å²) in [6.07, 6.45) is 1.01. The summed E-state index contributed by atoms with van der Waals surface area (Å²) in [6, 6.07) is 20.5. The van der Waals surface area contributed by atoms with E-state index in [0.29, 0.717) is 24.8 Å². The number of rotatable bonds is 10. The molecule has 3 aromatic carbocycles. The largest absolute Gasteiger partial charge is 0.495 e. The van der Waals surface area contributed by atoms with E-state index in [9.17, 15) is 0 Å². The fourth-order valence-corrected chi connectivity index (χ4v) is 3.40. The molecule has 0 unspecified atom stereocenters. The number of methoxy groups -OCH3 is 2. The minimum Gasteiger partial charge on any atom is -0.495 e. The number of hydrogen-bond donors (Lipinski definition) is 2. The van der Waals surface area contributed by atoms with Crippen LogP contribution < -0.4 is 20.5 Å². The zero-order valence-corrected chi connectivity index (χ0v) is 21.5. The number of ether oxygens (including phenoxy) is 3. The monoisotopic (exact) mass is 464 g/mol. The summed E-state index contributed by atoms with van der Waals surface area (Å²) in [7, 11) is 3.30. The number of nitrogen functional groups attached to an aromatic ring is 1. The Hall–Kier alpha value is -3.18. The molecule has 5 nitrogen and oxygen atoms in total. The summed E-state index contributed by atoms with van der Waals surface area (Å²) in [5.41, 5.74) is 12.6. The molecule has 0 fully saturated rings. The van der Waals surface area contributed by atoms with Gasteiger partial charge in [0.25, 0.3) is 0 Å². The van der Waals surface area contributed by atoms with Crippen LogP contribution in [0.5, 0.6) is 11.5 Å². The number of nitrogens with one attached hydrogen (secondary N) is 1. The van der Waals surface area contributed by atoms with E-state index in [4.69, 9.17) is 19.9 Å². The van der Waals surface area contributed by atoms with Crippen LogP contribution in [0.2, 0.25) is 0 Å². The molecule has 3 rings (SSSR count). The van der Waals surface area contributed by atoms with E-state index < -0.39 is 0 Å². The first-order valence-corrected chi connectivity index (χ1v) is 11.9. The van der Waals surface area contributed by atoms with Gasteiger partial charge in [0.2, 0.25) is 0 Å². The fourth-order valence-electron chi connectivity index (χ4n) is 3.40. The average Bonchev–Trinajstić information content (AvgIpc) is 2.84. The Morgan fingerprint density at radius 3 is 2.29 bits per heavy atom. The second kappa shape index (κ2) is 14.2. The van der Waals surface area contributed by atoms with E-state index in [0.717, 1.165) is 41.3 Å². The first-order valence-electron chi connectivity index (χ1n) is 11.9. The number of aryl methyl sites for hydroxylation is 1. The van der Waals surface area contributed by atoms with Gasteiger partial charge >= 0.3 is 0 Å². The molecule has 0 amide bonds. The van der Waals surface area contributed by atoms with Crippen molar-refractivity contribution in [3.8, 4) is 22.6 Å². The van der Waals surface area contributed by atoms with Crippen molar-refractivity contribution < 1.29 is 14.2 Å². The zero-order chi connectivity index (χ0) is 24.9. The van der Waals surface area contributed by atoms with Crippen molar-refractivity contribution in [2.24, 2.45) is 0 Å². The first-order chi connectivity index (χ1) is 16.4. The van der Waals surface area contributed by atoms with Crippen molar-refractivity contribution in [2.75, 3.05) is 45.0 Å². The molecule has 0 saturated carbocycles. The molecule has 0 aromatic heterocycles. The molecule has 184 valence electrons. The lowest BCUT2D eigenvalue weighted by atomic mass is 10.0. The Labute approximate surface area is 205 Å². The number of anilines is 2. The van der Waals surface area contributed by atoms with Gasteiger partial charge in [0.05, 0.1) is 19.4 Å². The minimum absolute atomic E-state index is 0.515. The van der Waals surface area contributed by atoms with E-state index in [1.54, 1.807) is 14.2 Å². The van der Waals surface area contributed by atoms with Crippen LogP contribution in [0.15, 0.2) is 60.7 Å². The lowest BCUT2D eigenvalue weighted by molar-refractivity contribution is 0.146. The highest BCUT2D eigenvalue weighted by molar-refractivity contribution is 5.89. The number of nitrogens with two attached hydrogens (primary N) is 1. The number of hydrogen-bond acceptors (Lipinski definition) is 5. The normalized spacial score (nSPS) is 10.4. The second-order valence-electron chi connectivity index (χ2n) is 8.47. The highest BCUT2D eigenvalue weighted by atomic mass is 16.5. The van der Waals surface area contributed by atoms with Crippen molar-refractivity contribution >= 4 is 11.4 Å². The van der Waals surface area contributed by atoms with Gasteiger partial charge in [-0.15, -0.1) is 0 Å². The Morgan fingerprint density at radius 1 is 0.941 bits per heavy atom. The van der Waals surface area contributed by atoms with Crippen LogP contribution >= 0.6 is 0 Å². The third-order valence-electron chi connectivity index (χ3n) is 5.42. The maximum atomic E-state index is 6.40. The van der Waals surface area contributed by atoms with Crippen molar-refractivity contribution in [1.29, 1.82) is 0 Å². The van der Waals surface area contributed by atoms with E-state index in [2.05, 4.69) is 57.3 Å².